The number of nitrogens with zero attached hydrogens (tertiary/aromatic N) is 1. The molecule has 0 aromatic heterocycles. The van der Waals surface area contributed by atoms with Gasteiger partial charge in [-0.05, 0) is 25.8 Å². The van der Waals surface area contributed by atoms with E-state index in [1.807, 2.05) is 0 Å². The van der Waals surface area contributed by atoms with Crippen LogP contribution in [0, 0.1) is 5.92 Å². The highest BCUT2D eigenvalue weighted by Gasteiger charge is 2.28. The molecule has 3 heteroatoms. The average molecular weight is 172 g/mol. The third kappa shape index (κ3) is 3.52. The van der Waals surface area contributed by atoms with Crippen molar-refractivity contribution in [1.29, 1.82) is 0 Å². The van der Waals surface area contributed by atoms with Gasteiger partial charge in [0.15, 0.2) is 0 Å². The van der Waals surface area contributed by atoms with Crippen molar-refractivity contribution in [2.45, 2.75) is 18.9 Å². The van der Waals surface area contributed by atoms with Crippen molar-refractivity contribution < 1.29 is 4.74 Å². The van der Waals surface area contributed by atoms with Crippen molar-refractivity contribution in [3.63, 3.8) is 0 Å². The molecular formula is C9H20N2O. The molecule has 0 aliphatic heterocycles. The molecule has 0 aromatic rings. The molecule has 0 spiro atoms. The lowest BCUT2D eigenvalue weighted by atomic mass is 10.2. The fourth-order valence-corrected chi connectivity index (χ4v) is 1.37. The molecule has 3 nitrogen and oxygen atoms in total. The van der Waals surface area contributed by atoms with Crippen molar-refractivity contribution in [2.75, 3.05) is 33.9 Å². The first-order valence-corrected chi connectivity index (χ1v) is 4.67. The van der Waals surface area contributed by atoms with Gasteiger partial charge in [0, 0.05) is 26.2 Å². The lowest BCUT2D eigenvalue weighted by Crippen LogP contribution is -2.38. The van der Waals surface area contributed by atoms with Crippen LogP contribution < -0.4 is 5.73 Å². The van der Waals surface area contributed by atoms with Crippen molar-refractivity contribution in [3.8, 4) is 0 Å². The van der Waals surface area contributed by atoms with Crippen LogP contribution in [-0.2, 0) is 4.74 Å². The van der Waals surface area contributed by atoms with Gasteiger partial charge in [0.25, 0.3) is 0 Å². The first-order chi connectivity index (χ1) is 5.74. The molecule has 1 aliphatic rings. The lowest BCUT2D eigenvalue weighted by Gasteiger charge is -2.20. The van der Waals surface area contributed by atoms with Gasteiger partial charge < -0.3 is 15.4 Å². The third-order valence-corrected chi connectivity index (χ3v) is 2.43. The highest BCUT2D eigenvalue weighted by molar-refractivity contribution is 4.85. The molecule has 1 fully saturated rings. The highest BCUT2D eigenvalue weighted by Crippen LogP contribution is 2.31. The SMILES string of the molecule is COCCN(C)CC(N)C1CC1. The van der Waals surface area contributed by atoms with Crippen LogP contribution >= 0.6 is 0 Å². The van der Waals surface area contributed by atoms with Gasteiger partial charge in [-0.1, -0.05) is 0 Å². The lowest BCUT2D eigenvalue weighted by molar-refractivity contribution is 0.157. The van der Waals surface area contributed by atoms with Crippen molar-refractivity contribution in [3.05, 3.63) is 0 Å². The monoisotopic (exact) mass is 172 g/mol. The van der Waals surface area contributed by atoms with E-state index in [0.717, 1.165) is 25.6 Å². The molecule has 12 heavy (non-hydrogen) atoms. The summed E-state index contributed by atoms with van der Waals surface area (Å²) < 4.78 is 4.99. The van der Waals surface area contributed by atoms with Crippen molar-refractivity contribution in [2.24, 2.45) is 11.7 Å². The maximum atomic E-state index is 5.97. The second-order valence-corrected chi connectivity index (χ2v) is 3.76. The van der Waals surface area contributed by atoms with Crippen LogP contribution in [0.1, 0.15) is 12.8 Å². The van der Waals surface area contributed by atoms with E-state index in [1.165, 1.54) is 12.8 Å². The Bertz CT molecular complexity index is 126. The second kappa shape index (κ2) is 4.80. The summed E-state index contributed by atoms with van der Waals surface area (Å²) in [5, 5.41) is 0. The normalized spacial score (nSPS) is 20.0. The first kappa shape index (κ1) is 9.96. The quantitative estimate of drug-likeness (QED) is 0.626. The Kier molecular flexibility index (Phi) is 3.98. The van der Waals surface area contributed by atoms with Crippen LogP contribution in [0.2, 0.25) is 0 Å². The molecule has 0 aromatic carbocycles. The molecule has 0 heterocycles. The summed E-state index contributed by atoms with van der Waals surface area (Å²) >= 11 is 0. The Morgan fingerprint density at radius 2 is 2.25 bits per heavy atom. The summed E-state index contributed by atoms with van der Waals surface area (Å²) in [5.74, 6) is 0.801. The summed E-state index contributed by atoms with van der Waals surface area (Å²) in [7, 11) is 3.83. The smallest absolute Gasteiger partial charge is 0.0589 e. The van der Waals surface area contributed by atoms with Gasteiger partial charge in [-0.15, -0.1) is 0 Å². The fraction of sp³-hybridized carbons (Fsp3) is 1.00. The molecule has 1 unspecified atom stereocenters. The first-order valence-electron chi connectivity index (χ1n) is 4.67. The van der Waals surface area contributed by atoms with Crippen LogP contribution in [-0.4, -0.2) is 44.8 Å². The summed E-state index contributed by atoms with van der Waals surface area (Å²) in [6.07, 6.45) is 2.67. The predicted molar refractivity (Wildman–Crippen MR) is 50.1 cm³/mol. The van der Waals surface area contributed by atoms with Crippen LogP contribution in [0.3, 0.4) is 0 Å². The van der Waals surface area contributed by atoms with Crippen LogP contribution in [0.5, 0.6) is 0 Å². The number of ether oxygens (including phenoxy) is 1. The van der Waals surface area contributed by atoms with Crippen molar-refractivity contribution in [1.82, 2.24) is 4.90 Å². The van der Waals surface area contributed by atoms with Gasteiger partial charge in [-0.25, -0.2) is 0 Å². The Morgan fingerprint density at radius 3 is 2.75 bits per heavy atom. The summed E-state index contributed by atoms with van der Waals surface area (Å²) in [6.45, 7) is 2.79. The minimum absolute atomic E-state index is 0.381. The second-order valence-electron chi connectivity index (χ2n) is 3.76. The maximum absolute atomic E-state index is 5.97. The topological polar surface area (TPSA) is 38.5 Å². The summed E-state index contributed by atoms with van der Waals surface area (Å²) in [6, 6.07) is 0.381. The highest BCUT2D eigenvalue weighted by atomic mass is 16.5. The van der Waals surface area contributed by atoms with E-state index in [1.54, 1.807) is 7.11 Å². The van der Waals surface area contributed by atoms with Gasteiger partial charge >= 0.3 is 0 Å². The van der Waals surface area contributed by atoms with E-state index in [-0.39, 0.29) is 0 Å². The zero-order valence-electron chi connectivity index (χ0n) is 8.12. The van der Waals surface area contributed by atoms with E-state index in [2.05, 4.69) is 11.9 Å². The van der Waals surface area contributed by atoms with Gasteiger partial charge in [0.05, 0.1) is 6.61 Å². The Labute approximate surface area is 74.9 Å². The van der Waals surface area contributed by atoms with E-state index in [4.69, 9.17) is 10.5 Å². The van der Waals surface area contributed by atoms with Gasteiger partial charge in [0.2, 0.25) is 0 Å². The molecule has 1 rings (SSSR count). The van der Waals surface area contributed by atoms with Crippen molar-refractivity contribution >= 4 is 0 Å². The Hall–Kier alpha value is -0.120. The molecule has 0 amide bonds. The maximum Gasteiger partial charge on any atom is 0.0589 e. The number of rotatable bonds is 6. The van der Waals surface area contributed by atoms with E-state index in [9.17, 15) is 0 Å². The van der Waals surface area contributed by atoms with Gasteiger partial charge in [-0.3, -0.25) is 0 Å². The molecule has 2 N–H and O–H groups in total. The molecule has 0 radical (unpaired) electrons. The van der Waals surface area contributed by atoms with E-state index < -0.39 is 0 Å². The number of hydrogen-bond donors (Lipinski definition) is 1. The van der Waals surface area contributed by atoms with Crippen LogP contribution in [0.4, 0.5) is 0 Å². The number of hydrogen-bond acceptors (Lipinski definition) is 3. The van der Waals surface area contributed by atoms with E-state index >= 15 is 0 Å². The zero-order valence-corrected chi connectivity index (χ0v) is 8.12. The molecule has 0 bridgehead atoms. The zero-order chi connectivity index (χ0) is 8.97. The van der Waals surface area contributed by atoms with Crippen LogP contribution in [0.15, 0.2) is 0 Å². The minimum atomic E-state index is 0.381. The summed E-state index contributed by atoms with van der Waals surface area (Å²) in [4.78, 5) is 2.24. The minimum Gasteiger partial charge on any atom is -0.383 e. The Morgan fingerprint density at radius 1 is 1.58 bits per heavy atom. The molecule has 1 saturated carbocycles. The summed E-state index contributed by atoms with van der Waals surface area (Å²) in [5.41, 5.74) is 5.97. The molecular weight excluding hydrogens is 152 g/mol. The average Bonchev–Trinajstić information content (AvgIpc) is 2.82. The number of likely N-dealkylation sites (N-methyl/N-ethyl adjacent to an activating group) is 1. The molecule has 0 saturated heterocycles. The van der Waals surface area contributed by atoms with Gasteiger partial charge in [-0.2, -0.15) is 0 Å². The number of methoxy groups -OCH3 is 1. The standard InChI is InChI=1S/C9H20N2O/c1-11(5-6-12-2)7-9(10)8-3-4-8/h8-9H,3-7,10H2,1-2H3. The largest absolute Gasteiger partial charge is 0.383 e. The Balaban J connectivity index is 2.03. The van der Waals surface area contributed by atoms with E-state index in [0.29, 0.717) is 6.04 Å². The molecule has 1 atom stereocenters. The van der Waals surface area contributed by atoms with Crippen LogP contribution in [0.25, 0.3) is 0 Å². The third-order valence-electron chi connectivity index (χ3n) is 2.43. The predicted octanol–water partition coefficient (Wildman–Crippen LogP) is 0.302. The fourth-order valence-electron chi connectivity index (χ4n) is 1.37. The molecule has 1 aliphatic carbocycles. The molecule has 72 valence electrons. The number of nitrogens with two attached hydrogens (primary N) is 1. The van der Waals surface area contributed by atoms with Gasteiger partial charge in [0.1, 0.15) is 0 Å².